The van der Waals surface area contributed by atoms with Gasteiger partial charge in [-0.2, -0.15) is 13.2 Å². The lowest BCUT2D eigenvalue weighted by Crippen LogP contribution is -2.45. The first-order valence-corrected chi connectivity index (χ1v) is 7.44. The minimum atomic E-state index is -4.50. The van der Waals surface area contributed by atoms with Crippen molar-refractivity contribution in [2.24, 2.45) is 0 Å². The molecule has 0 heterocycles. The summed E-state index contributed by atoms with van der Waals surface area (Å²) in [5.41, 5.74) is -0.956. The van der Waals surface area contributed by atoms with E-state index >= 15 is 0 Å². The van der Waals surface area contributed by atoms with Crippen LogP contribution in [0.4, 0.5) is 13.2 Å². The number of amides is 1. The maximum Gasteiger partial charge on any atom is 0.416 e. The van der Waals surface area contributed by atoms with Gasteiger partial charge < -0.3 is 10.4 Å². The highest BCUT2D eigenvalue weighted by molar-refractivity contribution is 9.10. The summed E-state index contributed by atoms with van der Waals surface area (Å²) in [6, 6.07) is 2.52. The molecular formula is C14H15BrF3NO2. The normalized spacial score (nSPS) is 22.9. The van der Waals surface area contributed by atoms with Crippen molar-refractivity contribution in [1.29, 1.82) is 0 Å². The number of hydrogen-bond acceptors (Lipinski definition) is 2. The Hall–Kier alpha value is -1.08. The molecule has 1 amide bonds. The zero-order chi connectivity index (χ0) is 15.6. The van der Waals surface area contributed by atoms with Gasteiger partial charge in [0, 0.05) is 4.47 Å². The van der Waals surface area contributed by atoms with E-state index in [1.165, 1.54) is 6.07 Å². The van der Waals surface area contributed by atoms with E-state index in [0.29, 0.717) is 17.3 Å². The van der Waals surface area contributed by atoms with Crippen LogP contribution in [0.15, 0.2) is 22.7 Å². The van der Waals surface area contributed by atoms with Crippen molar-refractivity contribution in [3.05, 3.63) is 33.8 Å². The summed E-state index contributed by atoms with van der Waals surface area (Å²) in [7, 11) is 0. The quantitative estimate of drug-likeness (QED) is 0.842. The van der Waals surface area contributed by atoms with Gasteiger partial charge in [-0.25, -0.2) is 0 Å². The smallest absolute Gasteiger partial charge is 0.391 e. The van der Waals surface area contributed by atoms with Crippen LogP contribution in [0.1, 0.15) is 41.6 Å². The summed E-state index contributed by atoms with van der Waals surface area (Å²) in [6.45, 7) is 0. The number of halogens is 4. The van der Waals surface area contributed by atoms with Gasteiger partial charge in [0.2, 0.25) is 0 Å². The molecule has 0 unspecified atom stereocenters. The molecule has 0 radical (unpaired) electrons. The van der Waals surface area contributed by atoms with Crippen molar-refractivity contribution in [1.82, 2.24) is 5.32 Å². The number of rotatable bonds is 2. The zero-order valence-corrected chi connectivity index (χ0v) is 12.7. The van der Waals surface area contributed by atoms with Crippen molar-refractivity contribution in [2.45, 2.75) is 44.0 Å². The number of aliphatic hydroxyl groups is 1. The van der Waals surface area contributed by atoms with E-state index in [0.717, 1.165) is 25.0 Å². The molecule has 0 saturated heterocycles. The number of hydrogen-bond donors (Lipinski definition) is 2. The second kappa shape index (κ2) is 6.36. The minimum Gasteiger partial charge on any atom is -0.391 e. The van der Waals surface area contributed by atoms with Crippen molar-refractivity contribution in [3.8, 4) is 0 Å². The van der Waals surface area contributed by atoms with Crippen molar-refractivity contribution in [3.63, 3.8) is 0 Å². The predicted molar refractivity (Wildman–Crippen MR) is 74.9 cm³/mol. The molecule has 0 aliphatic heterocycles. The fourth-order valence-corrected chi connectivity index (χ4v) is 2.83. The third-order valence-electron chi connectivity index (χ3n) is 3.58. The second-order valence-corrected chi connectivity index (χ2v) is 5.98. The molecule has 1 saturated carbocycles. The van der Waals surface area contributed by atoms with E-state index in [-0.39, 0.29) is 5.56 Å². The highest BCUT2D eigenvalue weighted by Gasteiger charge is 2.32. The molecular weight excluding hydrogens is 351 g/mol. The fraction of sp³-hybridized carbons (Fsp3) is 0.500. The molecule has 3 nitrogen and oxygen atoms in total. The first kappa shape index (κ1) is 16.3. The average Bonchev–Trinajstić information content (AvgIpc) is 2.40. The van der Waals surface area contributed by atoms with Crippen LogP contribution in [0.3, 0.4) is 0 Å². The lowest BCUT2D eigenvalue weighted by atomic mass is 9.92. The molecule has 116 valence electrons. The maximum absolute atomic E-state index is 12.7. The number of aliphatic hydroxyl groups excluding tert-OH is 1. The first-order chi connectivity index (χ1) is 9.79. The molecule has 21 heavy (non-hydrogen) atoms. The fourth-order valence-electron chi connectivity index (χ4n) is 2.40. The first-order valence-electron chi connectivity index (χ1n) is 6.64. The molecule has 7 heteroatoms. The van der Waals surface area contributed by atoms with Gasteiger partial charge in [0.15, 0.2) is 0 Å². The molecule has 2 atom stereocenters. The van der Waals surface area contributed by atoms with Crippen molar-refractivity contribution in [2.75, 3.05) is 0 Å². The number of carbonyl (C=O) groups excluding carboxylic acids is 1. The molecule has 1 aliphatic rings. The van der Waals surface area contributed by atoms with Gasteiger partial charge in [-0.1, -0.05) is 12.8 Å². The molecule has 0 spiro atoms. The van der Waals surface area contributed by atoms with E-state index in [9.17, 15) is 23.1 Å². The Morgan fingerprint density at radius 3 is 2.57 bits per heavy atom. The summed E-state index contributed by atoms with van der Waals surface area (Å²) in [5, 5.41) is 12.4. The molecule has 1 fully saturated rings. The van der Waals surface area contributed by atoms with E-state index in [1.54, 1.807) is 0 Å². The molecule has 2 N–H and O–H groups in total. The second-order valence-electron chi connectivity index (χ2n) is 5.12. The van der Waals surface area contributed by atoms with E-state index in [4.69, 9.17) is 0 Å². The van der Waals surface area contributed by atoms with E-state index < -0.39 is 29.8 Å². The van der Waals surface area contributed by atoms with Gasteiger partial charge >= 0.3 is 6.18 Å². The van der Waals surface area contributed by atoms with Crippen LogP contribution in [0, 0.1) is 0 Å². The SMILES string of the molecule is O=C(N[C@H]1CCCC[C@@H]1O)c1cc(C(F)(F)F)ccc1Br. The van der Waals surface area contributed by atoms with Crippen LogP contribution in [-0.2, 0) is 6.18 Å². The van der Waals surface area contributed by atoms with Crippen LogP contribution in [0.5, 0.6) is 0 Å². The van der Waals surface area contributed by atoms with Gasteiger partial charge in [-0.3, -0.25) is 4.79 Å². The summed E-state index contributed by atoms with van der Waals surface area (Å²) in [5.74, 6) is -0.612. The van der Waals surface area contributed by atoms with Crippen LogP contribution >= 0.6 is 15.9 Å². The van der Waals surface area contributed by atoms with E-state index in [2.05, 4.69) is 21.2 Å². The maximum atomic E-state index is 12.7. The number of carbonyl (C=O) groups is 1. The van der Waals surface area contributed by atoms with Gasteiger partial charge in [0.05, 0.1) is 23.3 Å². The summed E-state index contributed by atoms with van der Waals surface area (Å²) in [4.78, 5) is 12.1. The monoisotopic (exact) mass is 365 g/mol. The zero-order valence-electron chi connectivity index (χ0n) is 11.1. The third kappa shape index (κ3) is 3.97. The average molecular weight is 366 g/mol. The minimum absolute atomic E-state index is 0.0809. The highest BCUT2D eigenvalue weighted by atomic mass is 79.9. The Labute approximate surface area is 128 Å². The number of nitrogens with one attached hydrogen (secondary N) is 1. The van der Waals surface area contributed by atoms with Gasteiger partial charge in [0.25, 0.3) is 5.91 Å². The highest BCUT2D eigenvalue weighted by Crippen LogP contribution is 2.32. The number of benzene rings is 1. The van der Waals surface area contributed by atoms with E-state index in [1.807, 2.05) is 0 Å². The molecule has 2 rings (SSSR count). The Kier molecular flexibility index (Phi) is 4.93. The van der Waals surface area contributed by atoms with Crippen LogP contribution < -0.4 is 5.32 Å². The summed E-state index contributed by atoms with van der Waals surface area (Å²) < 4.78 is 38.4. The van der Waals surface area contributed by atoms with Crippen LogP contribution in [0.2, 0.25) is 0 Å². The summed E-state index contributed by atoms with van der Waals surface area (Å²) in [6.07, 6.45) is -2.16. The van der Waals surface area contributed by atoms with Crippen LogP contribution in [-0.4, -0.2) is 23.2 Å². The Morgan fingerprint density at radius 1 is 1.29 bits per heavy atom. The Balaban J connectivity index is 2.18. The van der Waals surface area contributed by atoms with Crippen molar-refractivity contribution >= 4 is 21.8 Å². The lowest BCUT2D eigenvalue weighted by molar-refractivity contribution is -0.137. The van der Waals surface area contributed by atoms with Gasteiger partial charge in [-0.15, -0.1) is 0 Å². The number of alkyl halides is 3. The van der Waals surface area contributed by atoms with Crippen molar-refractivity contribution < 1.29 is 23.1 Å². The summed E-state index contributed by atoms with van der Waals surface area (Å²) >= 11 is 3.09. The van der Waals surface area contributed by atoms with Crippen LogP contribution in [0.25, 0.3) is 0 Å². The Morgan fingerprint density at radius 2 is 1.95 bits per heavy atom. The largest absolute Gasteiger partial charge is 0.416 e. The predicted octanol–water partition coefficient (Wildman–Crippen LogP) is 3.50. The third-order valence-corrected chi connectivity index (χ3v) is 4.28. The molecule has 1 aliphatic carbocycles. The molecule has 0 aromatic heterocycles. The molecule has 1 aromatic carbocycles. The molecule has 0 bridgehead atoms. The lowest BCUT2D eigenvalue weighted by Gasteiger charge is -2.28. The van der Waals surface area contributed by atoms with Gasteiger partial charge in [0.1, 0.15) is 0 Å². The molecule has 1 aromatic rings. The standard InChI is InChI=1S/C14H15BrF3NO2/c15-10-6-5-8(14(16,17)18)7-9(10)13(21)19-11-3-1-2-4-12(11)20/h5-7,11-12,20H,1-4H2,(H,19,21)/t11-,12-/m0/s1. The van der Waals surface area contributed by atoms with Gasteiger partial charge in [-0.05, 0) is 47.0 Å². The Bertz CT molecular complexity index is 533. The topological polar surface area (TPSA) is 49.3 Å².